The van der Waals surface area contributed by atoms with E-state index in [4.69, 9.17) is 0 Å². The maximum absolute atomic E-state index is 11.3. The lowest BCUT2D eigenvalue weighted by molar-refractivity contribution is -0.115. The number of anilines is 1. The largest absolute Gasteiger partial charge is 0.326 e. The van der Waals surface area contributed by atoms with Gasteiger partial charge in [0.2, 0.25) is 5.91 Å². The third-order valence-electron chi connectivity index (χ3n) is 2.83. The van der Waals surface area contributed by atoms with Crippen LogP contribution in [0, 0.1) is 0 Å². The highest BCUT2D eigenvalue weighted by Crippen LogP contribution is 2.29. The van der Waals surface area contributed by atoms with Crippen LogP contribution in [-0.2, 0) is 4.79 Å². The molecule has 0 saturated carbocycles. The van der Waals surface area contributed by atoms with Crippen LogP contribution < -0.4 is 5.32 Å². The van der Waals surface area contributed by atoms with Crippen molar-refractivity contribution >= 4 is 22.9 Å². The quantitative estimate of drug-likeness (QED) is 0.904. The fourth-order valence-electron chi connectivity index (χ4n) is 1.63. The number of amides is 1. The number of hydrogen-bond donors (Lipinski definition) is 1. The Balaban J connectivity index is 2.15. The van der Waals surface area contributed by atoms with Crippen molar-refractivity contribution in [3.8, 4) is 10.6 Å². The maximum Gasteiger partial charge on any atom is 0.224 e. The van der Waals surface area contributed by atoms with Crippen molar-refractivity contribution < 1.29 is 4.79 Å². The van der Waals surface area contributed by atoms with Gasteiger partial charge < -0.3 is 5.32 Å². The summed E-state index contributed by atoms with van der Waals surface area (Å²) in [5.74, 6) is 0.540. The molecule has 1 amide bonds. The second-order valence-corrected chi connectivity index (χ2v) is 5.76. The highest BCUT2D eigenvalue weighted by molar-refractivity contribution is 7.15. The average Bonchev–Trinajstić information content (AvgIpc) is 2.89. The molecular weight excluding hydrogens is 256 g/mol. The number of carbonyl (C=O) groups is 1. The van der Waals surface area contributed by atoms with E-state index in [9.17, 15) is 4.79 Å². The van der Waals surface area contributed by atoms with Crippen molar-refractivity contribution in [3.05, 3.63) is 35.3 Å². The highest BCUT2D eigenvalue weighted by atomic mass is 32.1. The Bertz CT molecular complexity index is 558. The Morgan fingerprint density at radius 1 is 1.32 bits per heavy atom. The minimum Gasteiger partial charge on any atom is -0.326 e. The summed E-state index contributed by atoms with van der Waals surface area (Å²) < 4.78 is 0. The molecule has 0 atom stereocenters. The van der Waals surface area contributed by atoms with Crippen molar-refractivity contribution in [1.82, 2.24) is 4.98 Å². The van der Waals surface area contributed by atoms with E-state index in [0.29, 0.717) is 12.3 Å². The topological polar surface area (TPSA) is 42.0 Å². The van der Waals surface area contributed by atoms with Crippen LogP contribution >= 0.6 is 11.3 Å². The number of nitrogens with one attached hydrogen (secondary N) is 1. The second-order valence-electron chi connectivity index (χ2n) is 4.70. The summed E-state index contributed by atoms with van der Waals surface area (Å²) in [5.41, 5.74) is 1.92. The van der Waals surface area contributed by atoms with E-state index in [1.165, 1.54) is 4.88 Å². The molecule has 0 unspecified atom stereocenters. The summed E-state index contributed by atoms with van der Waals surface area (Å²) >= 11 is 1.72. The number of rotatable bonds is 4. The van der Waals surface area contributed by atoms with E-state index < -0.39 is 0 Å². The van der Waals surface area contributed by atoms with E-state index in [0.717, 1.165) is 16.3 Å². The molecule has 3 nitrogen and oxygen atoms in total. The number of benzene rings is 1. The molecule has 100 valence electrons. The Hall–Kier alpha value is -1.68. The van der Waals surface area contributed by atoms with Gasteiger partial charge in [-0.15, -0.1) is 11.3 Å². The zero-order valence-electron chi connectivity index (χ0n) is 11.4. The van der Waals surface area contributed by atoms with Crippen molar-refractivity contribution in [2.75, 3.05) is 5.32 Å². The van der Waals surface area contributed by atoms with Crippen LogP contribution in [0.15, 0.2) is 30.5 Å². The molecule has 2 rings (SSSR count). The van der Waals surface area contributed by atoms with Gasteiger partial charge in [-0.2, -0.15) is 0 Å². The Kier molecular flexibility index (Phi) is 4.32. The third-order valence-corrected chi connectivity index (χ3v) is 4.18. The van der Waals surface area contributed by atoms with Gasteiger partial charge in [-0.1, -0.05) is 20.8 Å². The number of aromatic nitrogens is 1. The SMILES string of the molecule is CCC(=O)Nc1ccc(-c2ncc(C(C)C)s2)cc1. The lowest BCUT2D eigenvalue weighted by atomic mass is 10.2. The van der Waals surface area contributed by atoms with E-state index in [1.54, 1.807) is 11.3 Å². The first-order valence-electron chi connectivity index (χ1n) is 6.46. The van der Waals surface area contributed by atoms with Crippen LogP contribution in [-0.4, -0.2) is 10.9 Å². The molecule has 4 heteroatoms. The van der Waals surface area contributed by atoms with Gasteiger partial charge in [0.05, 0.1) is 0 Å². The Morgan fingerprint density at radius 2 is 2.00 bits per heavy atom. The van der Waals surface area contributed by atoms with E-state index in [2.05, 4.69) is 24.1 Å². The number of carbonyl (C=O) groups excluding carboxylic acids is 1. The minimum absolute atomic E-state index is 0.0316. The van der Waals surface area contributed by atoms with Gasteiger partial charge in [-0.25, -0.2) is 4.98 Å². The zero-order chi connectivity index (χ0) is 13.8. The molecule has 0 aliphatic carbocycles. The smallest absolute Gasteiger partial charge is 0.224 e. The van der Waals surface area contributed by atoms with Gasteiger partial charge in [-0.05, 0) is 30.2 Å². The molecular formula is C15H18N2OS. The monoisotopic (exact) mass is 274 g/mol. The normalized spacial score (nSPS) is 10.7. The van der Waals surface area contributed by atoms with Crippen LogP contribution in [0.2, 0.25) is 0 Å². The van der Waals surface area contributed by atoms with Gasteiger partial charge in [0.1, 0.15) is 5.01 Å². The van der Waals surface area contributed by atoms with Crippen molar-refractivity contribution in [3.63, 3.8) is 0 Å². The molecule has 0 radical (unpaired) electrons. The van der Waals surface area contributed by atoms with Crippen molar-refractivity contribution in [2.45, 2.75) is 33.1 Å². The maximum atomic E-state index is 11.3. The summed E-state index contributed by atoms with van der Waals surface area (Å²) in [6.07, 6.45) is 2.43. The lowest BCUT2D eigenvalue weighted by Gasteiger charge is -2.04. The van der Waals surface area contributed by atoms with Gasteiger partial charge in [0.15, 0.2) is 0 Å². The molecule has 2 aromatic rings. The van der Waals surface area contributed by atoms with Crippen LogP contribution in [0.4, 0.5) is 5.69 Å². The fraction of sp³-hybridized carbons (Fsp3) is 0.333. The van der Waals surface area contributed by atoms with Crippen molar-refractivity contribution in [1.29, 1.82) is 0 Å². The van der Waals surface area contributed by atoms with Gasteiger partial charge in [-0.3, -0.25) is 4.79 Å². The molecule has 0 saturated heterocycles. The molecule has 1 aromatic heterocycles. The van der Waals surface area contributed by atoms with Gasteiger partial charge in [0, 0.05) is 28.7 Å². The third kappa shape index (κ3) is 3.41. The highest BCUT2D eigenvalue weighted by Gasteiger charge is 2.07. The predicted octanol–water partition coefficient (Wildman–Crippen LogP) is 4.28. The lowest BCUT2D eigenvalue weighted by Crippen LogP contribution is -2.08. The first-order chi connectivity index (χ1) is 9.10. The Morgan fingerprint density at radius 3 is 2.53 bits per heavy atom. The van der Waals surface area contributed by atoms with Gasteiger partial charge in [0.25, 0.3) is 0 Å². The molecule has 0 fully saturated rings. The summed E-state index contributed by atoms with van der Waals surface area (Å²) in [5, 5.41) is 3.86. The predicted molar refractivity (Wildman–Crippen MR) is 80.6 cm³/mol. The number of thiazole rings is 1. The zero-order valence-corrected chi connectivity index (χ0v) is 12.3. The molecule has 0 spiro atoms. The first-order valence-corrected chi connectivity index (χ1v) is 7.27. The fourth-order valence-corrected chi connectivity index (χ4v) is 2.56. The minimum atomic E-state index is 0.0316. The van der Waals surface area contributed by atoms with E-state index in [1.807, 2.05) is 37.4 Å². The summed E-state index contributed by atoms with van der Waals surface area (Å²) in [7, 11) is 0. The average molecular weight is 274 g/mol. The molecule has 0 aliphatic heterocycles. The number of nitrogens with zero attached hydrogens (tertiary/aromatic N) is 1. The molecule has 0 aliphatic rings. The van der Waals surface area contributed by atoms with Crippen LogP contribution in [0.3, 0.4) is 0 Å². The standard InChI is InChI=1S/C15H18N2OS/c1-4-14(18)17-12-7-5-11(6-8-12)15-16-9-13(19-15)10(2)3/h5-10H,4H2,1-3H3,(H,17,18). The van der Waals surface area contributed by atoms with Crippen LogP contribution in [0.25, 0.3) is 10.6 Å². The molecule has 1 N–H and O–H groups in total. The Labute approximate surface area is 117 Å². The molecule has 0 bridgehead atoms. The van der Waals surface area contributed by atoms with Crippen LogP contribution in [0.5, 0.6) is 0 Å². The van der Waals surface area contributed by atoms with Gasteiger partial charge >= 0.3 is 0 Å². The summed E-state index contributed by atoms with van der Waals surface area (Å²) in [6, 6.07) is 7.82. The van der Waals surface area contributed by atoms with Crippen LogP contribution in [0.1, 0.15) is 38.0 Å². The van der Waals surface area contributed by atoms with E-state index >= 15 is 0 Å². The summed E-state index contributed by atoms with van der Waals surface area (Å²) in [4.78, 5) is 17.0. The molecule has 19 heavy (non-hydrogen) atoms. The van der Waals surface area contributed by atoms with Crippen molar-refractivity contribution in [2.24, 2.45) is 0 Å². The van der Waals surface area contributed by atoms with E-state index in [-0.39, 0.29) is 5.91 Å². The summed E-state index contributed by atoms with van der Waals surface area (Å²) in [6.45, 7) is 6.17. The molecule has 1 heterocycles. The molecule has 1 aromatic carbocycles. The first kappa shape index (κ1) is 13.7. The number of hydrogen-bond acceptors (Lipinski definition) is 3. The second kappa shape index (κ2) is 5.97.